The van der Waals surface area contributed by atoms with Crippen LogP contribution in [0.5, 0.6) is 0 Å². The van der Waals surface area contributed by atoms with Crippen molar-refractivity contribution >= 4 is 27.0 Å². The maximum absolute atomic E-state index is 13.2. The highest BCUT2D eigenvalue weighted by molar-refractivity contribution is 7.93. The quantitative estimate of drug-likeness (QED) is 0.353. The van der Waals surface area contributed by atoms with Gasteiger partial charge in [-0.25, -0.2) is 12.8 Å². The number of hydrogen-bond acceptors (Lipinski definition) is 6. The summed E-state index contributed by atoms with van der Waals surface area (Å²) in [4.78, 5) is 4.10. The zero-order chi connectivity index (χ0) is 23.1. The number of thiophene rings is 1. The van der Waals surface area contributed by atoms with E-state index in [0.29, 0.717) is 0 Å². The summed E-state index contributed by atoms with van der Waals surface area (Å²) in [6.45, 7) is 0. The lowest BCUT2D eigenvalue weighted by Crippen LogP contribution is -2.26. The van der Waals surface area contributed by atoms with Gasteiger partial charge in [-0.3, -0.25) is 4.31 Å². The number of benzene rings is 2. The van der Waals surface area contributed by atoms with Crippen LogP contribution in [0.15, 0.2) is 69.4 Å². The Bertz CT molecular complexity index is 1360. The normalized spacial score (nSPS) is 12.2. The van der Waals surface area contributed by atoms with Gasteiger partial charge in [0, 0.05) is 12.6 Å². The fraction of sp³-hybridized carbons (Fsp3) is 0.100. The summed E-state index contributed by atoms with van der Waals surface area (Å²) >= 11 is 1.02. The Balaban J connectivity index is 1.69. The molecular weight excluding hydrogens is 470 g/mol. The highest BCUT2D eigenvalue weighted by Gasteiger charge is 2.31. The van der Waals surface area contributed by atoms with Crippen molar-refractivity contribution in [2.75, 3.05) is 11.4 Å². The van der Waals surface area contributed by atoms with Gasteiger partial charge in [0.05, 0.1) is 11.3 Å². The van der Waals surface area contributed by atoms with Crippen LogP contribution in [0.2, 0.25) is 0 Å². The average Bonchev–Trinajstić information content (AvgIpc) is 3.43. The van der Waals surface area contributed by atoms with Gasteiger partial charge in [-0.1, -0.05) is 17.3 Å². The molecule has 0 aliphatic heterocycles. The first-order chi connectivity index (χ1) is 15.1. The number of anilines is 1. The SMILES string of the molecule is CN(c1ccc(F)cc1)S(=O)(=O)c1ccsc1-c1nc(-c2cccc(C(F)(F)F)c2)no1. The van der Waals surface area contributed by atoms with Crippen LogP contribution < -0.4 is 4.31 Å². The van der Waals surface area contributed by atoms with E-state index in [0.717, 1.165) is 39.9 Å². The van der Waals surface area contributed by atoms with E-state index in [-0.39, 0.29) is 32.7 Å². The molecule has 0 aliphatic carbocycles. The monoisotopic (exact) mass is 483 g/mol. The first kappa shape index (κ1) is 22.0. The predicted molar refractivity (Wildman–Crippen MR) is 110 cm³/mol. The Kier molecular flexibility index (Phi) is 5.51. The Morgan fingerprint density at radius 2 is 1.78 bits per heavy atom. The lowest BCUT2D eigenvalue weighted by Gasteiger charge is -2.19. The number of alkyl halides is 3. The third-order valence-corrected chi connectivity index (χ3v) is 7.39. The minimum Gasteiger partial charge on any atom is -0.333 e. The highest BCUT2D eigenvalue weighted by Crippen LogP contribution is 2.36. The molecule has 6 nitrogen and oxygen atoms in total. The first-order valence-corrected chi connectivity index (χ1v) is 11.2. The second-order valence-corrected chi connectivity index (χ2v) is 9.42. The average molecular weight is 483 g/mol. The first-order valence-electron chi connectivity index (χ1n) is 8.91. The van der Waals surface area contributed by atoms with Gasteiger partial charge in [0.2, 0.25) is 5.82 Å². The minimum absolute atomic E-state index is 0.0687. The van der Waals surface area contributed by atoms with Crippen LogP contribution in [-0.4, -0.2) is 25.6 Å². The summed E-state index contributed by atoms with van der Waals surface area (Å²) in [6.07, 6.45) is -4.54. The number of sulfonamides is 1. The van der Waals surface area contributed by atoms with Crippen molar-refractivity contribution < 1.29 is 30.5 Å². The zero-order valence-corrected chi connectivity index (χ0v) is 17.8. The molecule has 2 heterocycles. The molecule has 0 saturated carbocycles. The van der Waals surface area contributed by atoms with E-state index >= 15 is 0 Å². The third-order valence-electron chi connectivity index (χ3n) is 4.53. The number of aromatic nitrogens is 2. The van der Waals surface area contributed by atoms with E-state index in [1.54, 1.807) is 0 Å². The molecule has 2 aromatic carbocycles. The van der Waals surface area contributed by atoms with Crippen LogP contribution in [0, 0.1) is 5.82 Å². The third kappa shape index (κ3) is 4.10. The second-order valence-electron chi connectivity index (χ2n) is 6.56. The lowest BCUT2D eigenvalue weighted by atomic mass is 10.1. The van der Waals surface area contributed by atoms with Gasteiger partial charge in [-0.05, 0) is 47.8 Å². The van der Waals surface area contributed by atoms with Crippen LogP contribution >= 0.6 is 11.3 Å². The summed E-state index contributed by atoms with van der Waals surface area (Å²) < 4.78 is 84.5. The molecule has 0 fully saturated rings. The van der Waals surface area contributed by atoms with E-state index in [1.165, 1.54) is 42.8 Å². The summed E-state index contributed by atoms with van der Waals surface area (Å²) in [5, 5.41) is 5.21. The van der Waals surface area contributed by atoms with E-state index in [4.69, 9.17) is 4.52 Å². The van der Waals surface area contributed by atoms with Gasteiger partial charge in [0.1, 0.15) is 15.6 Å². The van der Waals surface area contributed by atoms with Crippen molar-refractivity contribution in [1.29, 1.82) is 0 Å². The molecule has 0 amide bonds. The van der Waals surface area contributed by atoms with Crippen molar-refractivity contribution in [3.63, 3.8) is 0 Å². The van der Waals surface area contributed by atoms with Crippen molar-refractivity contribution in [2.45, 2.75) is 11.1 Å². The van der Waals surface area contributed by atoms with Gasteiger partial charge in [-0.15, -0.1) is 11.3 Å². The smallest absolute Gasteiger partial charge is 0.333 e. The van der Waals surface area contributed by atoms with Crippen LogP contribution in [0.4, 0.5) is 23.2 Å². The summed E-state index contributed by atoms with van der Waals surface area (Å²) in [5.74, 6) is -0.781. The molecule has 0 atom stereocenters. The standard InChI is InChI=1S/C20H13F4N3O3S2/c1-27(15-7-5-14(21)6-8-15)32(28,29)16-9-10-31-17(16)19-25-18(26-30-19)12-3-2-4-13(11-12)20(22,23)24/h2-11H,1H3. The molecule has 0 unspecified atom stereocenters. The predicted octanol–water partition coefficient (Wildman–Crippen LogP) is 5.45. The summed E-state index contributed by atoms with van der Waals surface area (Å²) in [6, 6.07) is 10.6. The molecule has 4 aromatic rings. The lowest BCUT2D eigenvalue weighted by molar-refractivity contribution is -0.137. The fourth-order valence-electron chi connectivity index (χ4n) is 2.86. The minimum atomic E-state index is -4.54. The zero-order valence-electron chi connectivity index (χ0n) is 16.2. The Morgan fingerprint density at radius 1 is 1.06 bits per heavy atom. The summed E-state index contributed by atoms with van der Waals surface area (Å²) in [7, 11) is -2.77. The van der Waals surface area contributed by atoms with Crippen LogP contribution in [0.25, 0.3) is 22.2 Å². The molecule has 166 valence electrons. The molecule has 12 heteroatoms. The molecule has 0 radical (unpaired) electrons. The van der Waals surface area contributed by atoms with Crippen molar-refractivity contribution in [1.82, 2.24) is 10.1 Å². The number of hydrogen-bond donors (Lipinski definition) is 0. The largest absolute Gasteiger partial charge is 0.416 e. The number of nitrogens with zero attached hydrogens (tertiary/aromatic N) is 3. The summed E-state index contributed by atoms with van der Waals surface area (Å²) in [5.41, 5.74) is -0.570. The molecule has 32 heavy (non-hydrogen) atoms. The van der Waals surface area contributed by atoms with Gasteiger partial charge in [0.25, 0.3) is 15.9 Å². The molecule has 0 spiro atoms. The fourth-order valence-corrected chi connectivity index (χ4v) is 5.37. The van der Waals surface area contributed by atoms with Gasteiger partial charge >= 0.3 is 6.18 Å². The Hall–Kier alpha value is -3.25. The van der Waals surface area contributed by atoms with Crippen LogP contribution in [-0.2, 0) is 16.2 Å². The molecular formula is C20H13F4N3O3S2. The molecule has 0 bridgehead atoms. The Morgan fingerprint density at radius 3 is 2.47 bits per heavy atom. The maximum atomic E-state index is 13.2. The Labute approximate surface area is 183 Å². The van der Waals surface area contributed by atoms with Crippen LogP contribution in [0.1, 0.15) is 5.56 Å². The van der Waals surface area contributed by atoms with E-state index < -0.39 is 27.6 Å². The van der Waals surface area contributed by atoms with Gasteiger partial charge in [0.15, 0.2) is 0 Å². The van der Waals surface area contributed by atoms with Gasteiger partial charge < -0.3 is 4.52 Å². The number of halogens is 4. The highest BCUT2D eigenvalue weighted by atomic mass is 32.2. The topological polar surface area (TPSA) is 76.3 Å². The van der Waals surface area contributed by atoms with E-state index in [2.05, 4.69) is 10.1 Å². The van der Waals surface area contributed by atoms with Crippen molar-refractivity contribution in [3.05, 3.63) is 71.4 Å². The van der Waals surface area contributed by atoms with Crippen molar-refractivity contribution in [2.24, 2.45) is 0 Å². The molecule has 0 N–H and O–H groups in total. The second kappa shape index (κ2) is 8.02. The van der Waals surface area contributed by atoms with Crippen LogP contribution in [0.3, 0.4) is 0 Å². The molecule has 4 rings (SSSR count). The number of rotatable bonds is 5. The molecule has 0 aliphatic rings. The molecule has 0 saturated heterocycles. The molecule has 2 aromatic heterocycles. The van der Waals surface area contributed by atoms with Crippen molar-refractivity contribution in [3.8, 4) is 22.2 Å². The van der Waals surface area contributed by atoms with E-state index in [9.17, 15) is 26.0 Å². The van der Waals surface area contributed by atoms with E-state index in [1.807, 2.05) is 0 Å². The maximum Gasteiger partial charge on any atom is 0.416 e. The van der Waals surface area contributed by atoms with Gasteiger partial charge in [-0.2, -0.15) is 18.2 Å².